The first-order valence-corrected chi connectivity index (χ1v) is 5.84. The third-order valence-corrected chi connectivity index (χ3v) is 3.30. The van der Waals surface area contributed by atoms with Crippen molar-refractivity contribution in [3.8, 4) is 11.3 Å². The second-order valence-electron chi connectivity index (χ2n) is 4.40. The van der Waals surface area contributed by atoms with E-state index in [0.717, 1.165) is 30.8 Å². The highest BCUT2D eigenvalue weighted by molar-refractivity contribution is 5.63. The van der Waals surface area contributed by atoms with Gasteiger partial charge in [0.05, 0.1) is 11.9 Å². The van der Waals surface area contributed by atoms with Crippen molar-refractivity contribution in [2.75, 3.05) is 13.1 Å². The lowest BCUT2D eigenvalue weighted by Crippen LogP contribution is -2.08. The molecule has 0 amide bonds. The molecule has 2 aromatic rings. The number of aromatic nitrogens is 2. The molecule has 17 heavy (non-hydrogen) atoms. The average molecular weight is 231 g/mol. The molecule has 4 heteroatoms. The Morgan fingerprint density at radius 1 is 1.24 bits per heavy atom. The van der Waals surface area contributed by atoms with Gasteiger partial charge >= 0.3 is 0 Å². The maximum absolute atomic E-state index is 12.9. The van der Waals surface area contributed by atoms with E-state index in [0.29, 0.717) is 5.92 Å². The summed E-state index contributed by atoms with van der Waals surface area (Å²) >= 11 is 0. The van der Waals surface area contributed by atoms with Crippen molar-refractivity contribution in [2.24, 2.45) is 0 Å². The summed E-state index contributed by atoms with van der Waals surface area (Å²) in [6, 6.07) is 6.53. The summed E-state index contributed by atoms with van der Waals surface area (Å²) in [7, 11) is 0. The van der Waals surface area contributed by atoms with Crippen molar-refractivity contribution in [1.29, 1.82) is 0 Å². The molecule has 1 aromatic heterocycles. The SMILES string of the molecule is Fc1ccc(-c2[nH]ncc2C2CCNC2)cc1. The second kappa shape index (κ2) is 4.30. The fraction of sp³-hybridized carbons (Fsp3) is 0.308. The first-order chi connectivity index (χ1) is 8.34. The summed E-state index contributed by atoms with van der Waals surface area (Å²) in [5, 5.41) is 10.5. The van der Waals surface area contributed by atoms with Gasteiger partial charge in [0.15, 0.2) is 0 Å². The number of nitrogens with one attached hydrogen (secondary N) is 2. The molecule has 2 heterocycles. The largest absolute Gasteiger partial charge is 0.316 e. The number of hydrogen-bond donors (Lipinski definition) is 2. The van der Waals surface area contributed by atoms with E-state index >= 15 is 0 Å². The van der Waals surface area contributed by atoms with Crippen LogP contribution in [-0.4, -0.2) is 23.3 Å². The predicted molar refractivity (Wildman–Crippen MR) is 64.2 cm³/mol. The molecule has 0 radical (unpaired) electrons. The standard InChI is InChI=1S/C13H14FN3/c14-11-3-1-9(2-4-11)13-12(8-16-17-13)10-5-6-15-7-10/h1-4,8,10,15H,5-7H2,(H,16,17). The van der Waals surface area contributed by atoms with E-state index < -0.39 is 0 Å². The van der Waals surface area contributed by atoms with Crippen molar-refractivity contribution in [2.45, 2.75) is 12.3 Å². The molecule has 0 bridgehead atoms. The van der Waals surface area contributed by atoms with Gasteiger partial charge in [0.25, 0.3) is 0 Å². The Morgan fingerprint density at radius 3 is 2.76 bits per heavy atom. The number of H-pyrrole nitrogens is 1. The fourth-order valence-electron chi connectivity index (χ4n) is 2.37. The lowest BCUT2D eigenvalue weighted by atomic mass is 9.96. The topological polar surface area (TPSA) is 40.7 Å². The van der Waals surface area contributed by atoms with Crippen LogP contribution in [0.5, 0.6) is 0 Å². The van der Waals surface area contributed by atoms with Crippen LogP contribution >= 0.6 is 0 Å². The molecule has 1 fully saturated rings. The highest BCUT2D eigenvalue weighted by Gasteiger charge is 2.21. The van der Waals surface area contributed by atoms with E-state index in [1.165, 1.54) is 17.7 Å². The Balaban J connectivity index is 1.97. The quantitative estimate of drug-likeness (QED) is 0.832. The van der Waals surface area contributed by atoms with E-state index in [4.69, 9.17) is 0 Å². The van der Waals surface area contributed by atoms with Crippen LogP contribution in [0.3, 0.4) is 0 Å². The molecule has 1 unspecified atom stereocenters. The summed E-state index contributed by atoms with van der Waals surface area (Å²) in [6.45, 7) is 2.05. The Morgan fingerprint density at radius 2 is 2.06 bits per heavy atom. The van der Waals surface area contributed by atoms with Crippen molar-refractivity contribution in [1.82, 2.24) is 15.5 Å². The molecule has 1 aliphatic heterocycles. The molecule has 0 spiro atoms. The normalized spacial score (nSPS) is 19.7. The van der Waals surface area contributed by atoms with Gasteiger partial charge in [0.1, 0.15) is 5.82 Å². The van der Waals surface area contributed by atoms with E-state index in [1.54, 1.807) is 12.1 Å². The van der Waals surface area contributed by atoms with Crippen LogP contribution in [-0.2, 0) is 0 Å². The van der Waals surface area contributed by atoms with Gasteiger partial charge in [-0.25, -0.2) is 4.39 Å². The summed E-state index contributed by atoms with van der Waals surface area (Å²) in [5.41, 5.74) is 3.23. The molecule has 1 aromatic carbocycles. The molecule has 1 aliphatic rings. The van der Waals surface area contributed by atoms with Crippen LogP contribution in [0.2, 0.25) is 0 Å². The number of hydrogen-bond acceptors (Lipinski definition) is 2. The second-order valence-corrected chi connectivity index (χ2v) is 4.40. The summed E-state index contributed by atoms with van der Waals surface area (Å²) < 4.78 is 12.9. The van der Waals surface area contributed by atoms with E-state index in [1.807, 2.05) is 6.20 Å². The summed E-state index contributed by atoms with van der Waals surface area (Å²) in [5.74, 6) is 0.297. The van der Waals surface area contributed by atoms with E-state index in [-0.39, 0.29) is 5.82 Å². The van der Waals surface area contributed by atoms with Crippen LogP contribution in [0.4, 0.5) is 4.39 Å². The summed E-state index contributed by atoms with van der Waals surface area (Å²) in [6.07, 6.45) is 3.02. The zero-order valence-electron chi connectivity index (χ0n) is 9.41. The molecule has 1 atom stereocenters. The third-order valence-electron chi connectivity index (χ3n) is 3.30. The van der Waals surface area contributed by atoms with E-state index in [9.17, 15) is 4.39 Å². The van der Waals surface area contributed by atoms with Crippen LogP contribution in [0.1, 0.15) is 17.9 Å². The molecule has 3 nitrogen and oxygen atoms in total. The van der Waals surface area contributed by atoms with Crippen molar-refractivity contribution >= 4 is 0 Å². The fourth-order valence-corrected chi connectivity index (χ4v) is 2.37. The maximum Gasteiger partial charge on any atom is 0.123 e. The molecular formula is C13H14FN3. The van der Waals surface area contributed by atoms with Gasteiger partial charge in [-0.15, -0.1) is 0 Å². The maximum atomic E-state index is 12.9. The van der Waals surface area contributed by atoms with Gasteiger partial charge in [0.2, 0.25) is 0 Å². The number of halogens is 1. The molecular weight excluding hydrogens is 217 g/mol. The van der Waals surface area contributed by atoms with Gasteiger partial charge in [-0.3, -0.25) is 5.10 Å². The number of benzene rings is 1. The Hall–Kier alpha value is -1.68. The van der Waals surface area contributed by atoms with Gasteiger partial charge in [0, 0.05) is 23.6 Å². The van der Waals surface area contributed by atoms with Crippen LogP contribution < -0.4 is 5.32 Å². The first kappa shape index (κ1) is 10.5. The Labute approximate surface area is 99.1 Å². The van der Waals surface area contributed by atoms with E-state index in [2.05, 4.69) is 15.5 Å². The summed E-state index contributed by atoms with van der Waals surface area (Å²) in [4.78, 5) is 0. The van der Waals surface area contributed by atoms with Crippen LogP contribution in [0, 0.1) is 5.82 Å². The number of rotatable bonds is 2. The van der Waals surface area contributed by atoms with Crippen LogP contribution in [0.25, 0.3) is 11.3 Å². The monoisotopic (exact) mass is 231 g/mol. The minimum atomic E-state index is -0.211. The predicted octanol–water partition coefficient (Wildman–Crippen LogP) is 2.29. The van der Waals surface area contributed by atoms with Crippen LogP contribution in [0.15, 0.2) is 30.5 Å². The molecule has 0 aliphatic carbocycles. The lowest BCUT2D eigenvalue weighted by Gasteiger charge is -2.08. The zero-order valence-corrected chi connectivity index (χ0v) is 9.41. The third kappa shape index (κ3) is 1.96. The lowest BCUT2D eigenvalue weighted by molar-refractivity contribution is 0.628. The van der Waals surface area contributed by atoms with Gasteiger partial charge in [-0.2, -0.15) is 5.10 Å². The Bertz CT molecular complexity index is 498. The Kier molecular flexibility index (Phi) is 2.65. The van der Waals surface area contributed by atoms with Gasteiger partial charge < -0.3 is 5.32 Å². The van der Waals surface area contributed by atoms with Crippen molar-refractivity contribution in [3.63, 3.8) is 0 Å². The number of aromatic amines is 1. The molecule has 3 rings (SSSR count). The first-order valence-electron chi connectivity index (χ1n) is 5.84. The molecule has 2 N–H and O–H groups in total. The molecule has 1 saturated heterocycles. The van der Waals surface area contributed by atoms with Gasteiger partial charge in [-0.05, 0) is 37.2 Å². The van der Waals surface area contributed by atoms with Crippen molar-refractivity contribution in [3.05, 3.63) is 41.8 Å². The van der Waals surface area contributed by atoms with Crippen molar-refractivity contribution < 1.29 is 4.39 Å². The van der Waals surface area contributed by atoms with Gasteiger partial charge in [-0.1, -0.05) is 0 Å². The highest BCUT2D eigenvalue weighted by atomic mass is 19.1. The molecule has 88 valence electrons. The molecule has 0 saturated carbocycles. The number of nitrogens with zero attached hydrogens (tertiary/aromatic N) is 1. The smallest absolute Gasteiger partial charge is 0.123 e. The highest BCUT2D eigenvalue weighted by Crippen LogP contribution is 2.30. The minimum absolute atomic E-state index is 0.211. The average Bonchev–Trinajstić information content (AvgIpc) is 3.00. The minimum Gasteiger partial charge on any atom is -0.316 e. The zero-order chi connectivity index (χ0) is 11.7.